The fourth-order valence-electron chi connectivity index (χ4n) is 1.73. The molecule has 0 aromatic heterocycles. The maximum absolute atomic E-state index is 13.6. The first-order chi connectivity index (χ1) is 8.95. The van der Waals surface area contributed by atoms with Crippen molar-refractivity contribution in [2.75, 3.05) is 20.2 Å². The zero-order valence-electron chi connectivity index (χ0n) is 11.6. The van der Waals surface area contributed by atoms with Gasteiger partial charge in [0.15, 0.2) is 11.6 Å². The highest BCUT2D eigenvalue weighted by Gasteiger charge is 2.13. The summed E-state index contributed by atoms with van der Waals surface area (Å²) in [5, 5.41) is 0. The van der Waals surface area contributed by atoms with Gasteiger partial charge in [-0.25, -0.2) is 4.39 Å². The van der Waals surface area contributed by atoms with Gasteiger partial charge in [0, 0.05) is 13.6 Å². The molecule has 1 aromatic carbocycles. The number of carbonyl (C=O) groups is 1. The first-order valence-corrected chi connectivity index (χ1v) is 6.37. The summed E-state index contributed by atoms with van der Waals surface area (Å²) < 4.78 is 18.8. The Morgan fingerprint density at radius 3 is 2.74 bits per heavy atom. The van der Waals surface area contributed by atoms with Crippen LogP contribution >= 0.6 is 0 Å². The van der Waals surface area contributed by atoms with E-state index in [-0.39, 0.29) is 17.5 Å². The number of hydrogen-bond acceptors (Lipinski definition) is 3. The van der Waals surface area contributed by atoms with Crippen molar-refractivity contribution in [1.82, 2.24) is 4.90 Å². The van der Waals surface area contributed by atoms with Crippen molar-refractivity contribution < 1.29 is 13.9 Å². The van der Waals surface area contributed by atoms with E-state index in [2.05, 4.69) is 0 Å². The van der Waals surface area contributed by atoms with Crippen LogP contribution in [-0.2, 0) is 11.2 Å². The second-order valence-corrected chi connectivity index (χ2v) is 4.50. The summed E-state index contributed by atoms with van der Waals surface area (Å²) in [6, 6.07) is 4.34. The van der Waals surface area contributed by atoms with Crippen molar-refractivity contribution in [3.63, 3.8) is 0 Å². The van der Waals surface area contributed by atoms with Crippen molar-refractivity contribution in [3.05, 3.63) is 29.6 Å². The Kier molecular flexibility index (Phi) is 5.76. The highest BCUT2D eigenvalue weighted by Crippen LogP contribution is 2.18. The molecule has 0 heterocycles. The lowest BCUT2D eigenvalue weighted by atomic mass is 10.1. The maximum atomic E-state index is 13.6. The van der Waals surface area contributed by atoms with Gasteiger partial charge in [-0.15, -0.1) is 0 Å². The lowest BCUT2D eigenvalue weighted by molar-refractivity contribution is -0.130. The molecule has 0 spiro atoms. The summed E-state index contributed by atoms with van der Waals surface area (Å²) >= 11 is 0. The Hall–Kier alpha value is -1.62. The molecule has 0 radical (unpaired) electrons. The summed E-state index contributed by atoms with van der Waals surface area (Å²) in [6.07, 6.45) is 0.582. The minimum absolute atomic E-state index is 0.119. The van der Waals surface area contributed by atoms with Crippen LogP contribution in [-0.4, -0.2) is 37.0 Å². The van der Waals surface area contributed by atoms with Gasteiger partial charge in [0.2, 0.25) is 5.91 Å². The number of benzene rings is 1. The third kappa shape index (κ3) is 4.52. The molecule has 106 valence electrons. The molecule has 0 fully saturated rings. The molecular weight excluding hydrogens is 247 g/mol. The van der Waals surface area contributed by atoms with Crippen LogP contribution in [0.25, 0.3) is 0 Å². The van der Waals surface area contributed by atoms with E-state index in [0.29, 0.717) is 19.6 Å². The second kappa shape index (κ2) is 7.09. The third-order valence-corrected chi connectivity index (χ3v) is 2.80. The molecule has 0 aliphatic carbocycles. The number of likely N-dealkylation sites (N-methyl/N-ethyl adjacent to an activating group) is 1. The van der Waals surface area contributed by atoms with Gasteiger partial charge < -0.3 is 15.4 Å². The summed E-state index contributed by atoms with van der Waals surface area (Å²) in [7, 11) is 1.69. The van der Waals surface area contributed by atoms with Gasteiger partial charge in [-0.05, 0) is 38.0 Å². The lowest BCUT2D eigenvalue weighted by Crippen LogP contribution is -2.40. The van der Waals surface area contributed by atoms with Crippen LogP contribution in [0.3, 0.4) is 0 Å². The van der Waals surface area contributed by atoms with E-state index in [9.17, 15) is 9.18 Å². The van der Waals surface area contributed by atoms with Crippen LogP contribution < -0.4 is 10.5 Å². The zero-order chi connectivity index (χ0) is 14.4. The minimum Gasteiger partial charge on any atom is -0.491 e. The van der Waals surface area contributed by atoms with E-state index in [1.54, 1.807) is 31.0 Å². The normalized spacial score (nSPS) is 12.1. The summed E-state index contributed by atoms with van der Waals surface area (Å²) in [6.45, 7) is 4.40. The Morgan fingerprint density at radius 1 is 1.53 bits per heavy atom. The number of carbonyl (C=O) groups excluding carboxylic acids is 1. The van der Waals surface area contributed by atoms with E-state index < -0.39 is 6.04 Å². The smallest absolute Gasteiger partial charge is 0.238 e. The molecular formula is C14H21FN2O2. The number of ether oxygens (including phenoxy) is 1. The molecule has 1 amide bonds. The highest BCUT2D eigenvalue weighted by atomic mass is 19.1. The maximum Gasteiger partial charge on any atom is 0.238 e. The summed E-state index contributed by atoms with van der Waals surface area (Å²) in [4.78, 5) is 13.1. The molecule has 0 aliphatic heterocycles. The molecule has 1 atom stereocenters. The number of amides is 1. The number of nitrogens with two attached hydrogens (primary N) is 1. The third-order valence-electron chi connectivity index (χ3n) is 2.80. The standard InChI is InChI=1S/C14H21FN2O2/c1-4-19-13-6-5-11(9-12(13)15)7-8-17(3)14(18)10(2)16/h5-6,9-10H,4,7-8,16H2,1-3H3. The lowest BCUT2D eigenvalue weighted by Gasteiger charge is -2.19. The van der Waals surface area contributed by atoms with E-state index in [4.69, 9.17) is 10.5 Å². The van der Waals surface area contributed by atoms with Crippen molar-refractivity contribution in [2.24, 2.45) is 5.73 Å². The van der Waals surface area contributed by atoms with Crippen molar-refractivity contribution in [2.45, 2.75) is 26.3 Å². The van der Waals surface area contributed by atoms with Crippen LogP contribution in [0.5, 0.6) is 5.75 Å². The summed E-state index contributed by atoms with van der Waals surface area (Å²) in [5.41, 5.74) is 6.34. The largest absolute Gasteiger partial charge is 0.491 e. The Labute approximate surface area is 113 Å². The Bertz CT molecular complexity index is 435. The number of hydrogen-bond donors (Lipinski definition) is 1. The topological polar surface area (TPSA) is 55.6 Å². The molecule has 1 rings (SSSR count). The van der Waals surface area contributed by atoms with Crippen molar-refractivity contribution in [3.8, 4) is 5.75 Å². The average Bonchev–Trinajstić information content (AvgIpc) is 2.38. The molecule has 2 N–H and O–H groups in total. The number of nitrogens with zero attached hydrogens (tertiary/aromatic N) is 1. The number of halogens is 1. The molecule has 0 saturated carbocycles. The van der Waals surface area contributed by atoms with Crippen molar-refractivity contribution in [1.29, 1.82) is 0 Å². The second-order valence-electron chi connectivity index (χ2n) is 4.50. The Balaban J connectivity index is 2.59. The molecule has 1 unspecified atom stereocenters. The Morgan fingerprint density at radius 2 is 2.21 bits per heavy atom. The molecule has 0 aliphatic rings. The molecule has 19 heavy (non-hydrogen) atoms. The van der Waals surface area contributed by atoms with Gasteiger partial charge in [0.05, 0.1) is 12.6 Å². The van der Waals surface area contributed by atoms with Gasteiger partial charge in [-0.1, -0.05) is 6.07 Å². The zero-order valence-corrected chi connectivity index (χ0v) is 11.6. The molecule has 4 nitrogen and oxygen atoms in total. The molecule has 0 saturated heterocycles. The molecule has 5 heteroatoms. The van der Waals surface area contributed by atoms with Gasteiger partial charge in [-0.2, -0.15) is 0 Å². The van der Waals surface area contributed by atoms with Crippen LogP contribution in [0, 0.1) is 5.82 Å². The monoisotopic (exact) mass is 268 g/mol. The highest BCUT2D eigenvalue weighted by molar-refractivity contribution is 5.80. The average molecular weight is 268 g/mol. The van der Waals surface area contributed by atoms with Gasteiger partial charge in [0.25, 0.3) is 0 Å². The van der Waals surface area contributed by atoms with E-state index in [1.165, 1.54) is 6.07 Å². The van der Waals surface area contributed by atoms with E-state index in [1.807, 2.05) is 6.92 Å². The quantitative estimate of drug-likeness (QED) is 0.852. The van der Waals surface area contributed by atoms with Gasteiger partial charge in [0.1, 0.15) is 0 Å². The molecule has 0 bridgehead atoms. The SMILES string of the molecule is CCOc1ccc(CCN(C)C(=O)C(C)N)cc1F. The first kappa shape index (κ1) is 15.4. The minimum atomic E-state index is -0.512. The van der Waals surface area contributed by atoms with Gasteiger partial charge in [-0.3, -0.25) is 4.79 Å². The predicted octanol–water partition coefficient (Wildman–Crippen LogP) is 1.57. The fraction of sp³-hybridized carbons (Fsp3) is 0.500. The van der Waals surface area contributed by atoms with Crippen LogP contribution in [0.15, 0.2) is 18.2 Å². The van der Waals surface area contributed by atoms with Crippen LogP contribution in [0.1, 0.15) is 19.4 Å². The van der Waals surface area contributed by atoms with Crippen molar-refractivity contribution >= 4 is 5.91 Å². The summed E-state index contributed by atoms with van der Waals surface area (Å²) in [5.74, 6) is -0.238. The fourth-order valence-corrected chi connectivity index (χ4v) is 1.73. The van der Waals surface area contributed by atoms with Crippen LogP contribution in [0.4, 0.5) is 4.39 Å². The van der Waals surface area contributed by atoms with E-state index in [0.717, 1.165) is 5.56 Å². The number of rotatable bonds is 6. The van der Waals surface area contributed by atoms with Gasteiger partial charge >= 0.3 is 0 Å². The first-order valence-electron chi connectivity index (χ1n) is 6.37. The predicted molar refractivity (Wildman–Crippen MR) is 72.6 cm³/mol. The van der Waals surface area contributed by atoms with Crippen LogP contribution in [0.2, 0.25) is 0 Å². The molecule has 1 aromatic rings. The van der Waals surface area contributed by atoms with E-state index >= 15 is 0 Å².